The van der Waals surface area contributed by atoms with Gasteiger partial charge in [0.1, 0.15) is 5.69 Å². The van der Waals surface area contributed by atoms with Gasteiger partial charge in [-0.15, -0.1) is 0 Å². The number of nitrogens with zero attached hydrogens (tertiary/aromatic N) is 1. The van der Waals surface area contributed by atoms with Crippen LogP contribution in [0.25, 0.3) is 0 Å². The number of pyridine rings is 1. The maximum Gasteiger partial charge on any atom is 0.340 e. The second kappa shape index (κ2) is 5.62. The molecule has 0 fully saturated rings. The van der Waals surface area contributed by atoms with E-state index in [-0.39, 0.29) is 24.4 Å². The molecule has 0 aliphatic rings. The zero-order valence-electron chi connectivity index (χ0n) is 9.04. The highest BCUT2D eigenvalue weighted by Crippen LogP contribution is 2.22. The van der Waals surface area contributed by atoms with Crippen LogP contribution in [0.5, 0.6) is 0 Å². The average Bonchev–Trinajstić information content (AvgIpc) is 2.28. The molecule has 1 heterocycles. The van der Waals surface area contributed by atoms with Crippen LogP contribution in [0.1, 0.15) is 35.1 Å². The van der Waals surface area contributed by atoms with Crippen molar-refractivity contribution in [2.75, 3.05) is 6.61 Å². The lowest BCUT2D eigenvalue weighted by atomic mass is 10.1. The lowest BCUT2D eigenvalue weighted by Crippen LogP contribution is -2.15. The van der Waals surface area contributed by atoms with E-state index in [0.29, 0.717) is 6.07 Å². The summed E-state index contributed by atoms with van der Waals surface area (Å²) in [5.74, 6) is -2.08. The molecule has 0 saturated carbocycles. The molecule has 2 N–H and O–H groups in total. The molecule has 0 amide bonds. The lowest BCUT2D eigenvalue weighted by molar-refractivity contribution is 0.0522. The van der Waals surface area contributed by atoms with Crippen LogP contribution in [0.15, 0.2) is 6.07 Å². The second-order valence-electron chi connectivity index (χ2n) is 3.07. The van der Waals surface area contributed by atoms with Crippen LogP contribution in [0, 0.1) is 5.82 Å². The van der Waals surface area contributed by atoms with Crippen molar-refractivity contribution in [3.63, 3.8) is 0 Å². The van der Waals surface area contributed by atoms with E-state index in [4.69, 9.17) is 5.73 Å². The van der Waals surface area contributed by atoms with Crippen molar-refractivity contribution >= 4 is 5.97 Å². The Kier molecular flexibility index (Phi) is 4.45. The Hall–Kier alpha value is -1.63. The minimum atomic E-state index is -3.06. The number of aromatic nitrogens is 1. The van der Waals surface area contributed by atoms with E-state index in [2.05, 4.69) is 9.72 Å². The number of hydrogen-bond acceptors (Lipinski definition) is 4. The number of carbonyl (C=O) groups excluding carboxylic acids is 1. The van der Waals surface area contributed by atoms with Crippen molar-refractivity contribution in [2.45, 2.75) is 19.9 Å². The summed E-state index contributed by atoms with van der Waals surface area (Å²) in [5, 5.41) is 0. The maximum absolute atomic E-state index is 13.2. The third kappa shape index (κ3) is 2.94. The monoisotopic (exact) mass is 248 g/mol. The summed E-state index contributed by atoms with van der Waals surface area (Å²) in [5.41, 5.74) is 3.91. The summed E-state index contributed by atoms with van der Waals surface area (Å²) < 4.78 is 42.6. The van der Waals surface area contributed by atoms with Crippen LogP contribution in [0.2, 0.25) is 0 Å². The molecule has 1 aromatic heterocycles. The van der Waals surface area contributed by atoms with Gasteiger partial charge in [-0.1, -0.05) is 0 Å². The molecule has 0 spiro atoms. The Morgan fingerprint density at radius 3 is 2.71 bits per heavy atom. The van der Waals surface area contributed by atoms with Crippen molar-refractivity contribution in [3.05, 3.63) is 28.8 Å². The molecular weight excluding hydrogens is 237 g/mol. The van der Waals surface area contributed by atoms with Crippen LogP contribution in [-0.4, -0.2) is 17.6 Å². The van der Waals surface area contributed by atoms with Gasteiger partial charge in [0, 0.05) is 6.54 Å². The number of carbonyl (C=O) groups is 1. The Morgan fingerprint density at radius 2 is 2.24 bits per heavy atom. The minimum Gasteiger partial charge on any atom is -0.462 e. The second-order valence-corrected chi connectivity index (χ2v) is 3.07. The SMILES string of the molecule is CCOC(=O)c1cc(F)c(C(F)F)nc1CN. The smallest absolute Gasteiger partial charge is 0.340 e. The molecule has 94 valence electrons. The van der Waals surface area contributed by atoms with Gasteiger partial charge in [0.05, 0.1) is 17.9 Å². The first-order valence-corrected chi connectivity index (χ1v) is 4.85. The highest BCUT2D eigenvalue weighted by Gasteiger charge is 2.22. The molecule has 0 radical (unpaired) electrons. The number of ether oxygens (including phenoxy) is 1. The van der Waals surface area contributed by atoms with Crippen LogP contribution in [0.4, 0.5) is 13.2 Å². The number of alkyl halides is 2. The minimum absolute atomic E-state index is 0.0844. The fourth-order valence-corrected chi connectivity index (χ4v) is 1.24. The highest BCUT2D eigenvalue weighted by molar-refractivity contribution is 5.90. The van der Waals surface area contributed by atoms with Crippen molar-refractivity contribution in [3.8, 4) is 0 Å². The molecule has 7 heteroatoms. The molecule has 0 atom stereocenters. The van der Waals surface area contributed by atoms with Gasteiger partial charge in [-0.25, -0.2) is 22.9 Å². The first kappa shape index (κ1) is 13.4. The van der Waals surface area contributed by atoms with E-state index < -0.39 is 23.9 Å². The van der Waals surface area contributed by atoms with Crippen LogP contribution in [-0.2, 0) is 11.3 Å². The fourth-order valence-electron chi connectivity index (χ4n) is 1.24. The number of hydrogen-bond donors (Lipinski definition) is 1. The van der Waals surface area contributed by atoms with Crippen LogP contribution >= 0.6 is 0 Å². The normalized spacial score (nSPS) is 10.7. The summed E-state index contributed by atoms with van der Waals surface area (Å²) in [6, 6.07) is 0.675. The van der Waals surface area contributed by atoms with Gasteiger partial charge in [0.15, 0.2) is 5.82 Å². The summed E-state index contributed by atoms with van der Waals surface area (Å²) in [7, 11) is 0. The largest absolute Gasteiger partial charge is 0.462 e. The van der Waals surface area contributed by atoms with E-state index in [9.17, 15) is 18.0 Å². The highest BCUT2D eigenvalue weighted by atomic mass is 19.3. The molecule has 0 unspecified atom stereocenters. The number of nitrogens with two attached hydrogens (primary N) is 1. The number of esters is 1. The summed E-state index contributed by atoms with van der Waals surface area (Å²) in [6.07, 6.45) is -3.06. The van der Waals surface area contributed by atoms with E-state index >= 15 is 0 Å². The van der Waals surface area contributed by atoms with Gasteiger partial charge in [-0.05, 0) is 13.0 Å². The predicted octanol–water partition coefficient (Wildman–Crippen LogP) is 1.79. The Balaban J connectivity index is 3.23. The average molecular weight is 248 g/mol. The maximum atomic E-state index is 13.2. The molecule has 1 aromatic rings. The first-order valence-electron chi connectivity index (χ1n) is 4.85. The summed E-state index contributed by atoms with van der Waals surface area (Å²) >= 11 is 0. The molecule has 0 aromatic carbocycles. The molecule has 1 rings (SSSR count). The number of halogens is 3. The van der Waals surface area contributed by atoms with Crippen molar-refractivity contribution < 1.29 is 22.7 Å². The van der Waals surface area contributed by atoms with Crippen molar-refractivity contribution in [1.82, 2.24) is 4.98 Å². The van der Waals surface area contributed by atoms with Gasteiger partial charge in [0.2, 0.25) is 0 Å². The molecule has 0 saturated heterocycles. The molecular formula is C10H11F3N2O2. The van der Waals surface area contributed by atoms with Crippen LogP contribution < -0.4 is 5.73 Å². The quantitative estimate of drug-likeness (QED) is 0.825. The topological polar surface area (TPSA) is 65.2 Å². The van der Waals surface area contributed by atoms with Gasteiger partial charge >= 0.3 is 5.97 Å². The summed E-state index contributed by atoms with van der Waals surface area (Å²) in [4.78, 5) is 14.7. The van der Waals surface area contributed by atoms with Gasteiger partial charge in [-0.2, -0.15) is 0 Å². The molecule has 0 bridgehead atoms. The summed E-state index contributed by atoms with van der Waals surface area (Å²) in [6.45, 7) is 1.40. The van der Waals surface area contributed by atoms with Crippen LogP contribution in [0.3, 0.4) is 0 Å². The molecule has 0 aliphatic heterocycles. The van der Waals surface area contributed by atoms with Gasteiger partial charge in [-0.3, -0.25) is 0 Å². The molecule has 4 nitrogen and oxygen atoms in total. The van der Waals surface area contributed by atoms with Crippen molar-refractivity contribution in [1.29, 1.82) is 0 Å². The third-order valence-corrected chi connectivity index (χ3v) is 1.98. The first-order chi connectivity index (χ1) is 8.01. The van der Waals surface area contributed by atoms with E-state index in [0.717, 1.165) is 0 Å². The van der Waals surface area contributed by atoms with E-state index in [1.807, 2.05) is 0 Å². The zero-order valence-corrected chi connectivity index (χ0v) is 9.04. The van der Waals surface area contributed by atoms with Crippen molar-refractivity contribution in [2.24, 2.45) is 5.73 Å². The number of rotatable bonds is 4. The Labute approximate surface area is 95.6 Å². The third-order valence-electron chi connectivity index (χ3n) is 1.98. The fraction of sp³-hybridized carbons (Fsp3) is 0.400. The van der Waals surface area contributed by atoms with E-state index in [1.165, 1.54) is 0 Å². The lowest BCUT2D eigenvalue weighted by Gasteiger charge is -2.09. The zero-order chi connectivity index (χ0) is 13.0. The Bertz CT molecular complexity index is 424. The van der Waals surface area contributed by atoms with Gasteiger partial charge < -0.3 is 10.5 Å². The predicted molar refractivity (Wildman–Crippen MR) is 53.0 cm³/mol. The molecule has 17 heavy (non-hydrogen) atoms. The Morgan fingerprint density at radius 1 is 1.59 bits per heavy atom. The molecule has 0 aliphatic carbocycles. The van der Waals surface area contributed by atoms with Gasteiger partial charge in [0.25, 0.3) is 6.43 Å². The standard InChI is InChI=1S/C10H11F3N2O2/c1-2-17-10(16)5-3-6(11)8(9(12)13)15-7(5)4-14/h3,9H,2,4,14H2,1H3. The van der Waals surface area contributed by atoms with E-state index in [1.54, 1.807) is 6.92 Å².